The SMILES string of the molecule is C#CC(CC)NS(=O)(=O)c1cc(F)ccc1C(=O)OC. The van der Waals surface area contributed by atoms with Crippen molar-refractivity contribution in [3.05, 3.63) is 29.6 Å². The molecule has 1 unspecified atom stereocenters. The highest BCUT2D eigenvalue weighted by atomic mass is 32.2. The first-order chi connectivity index (χ1) is 9.35. The first-order valence-corrected chi connectivity index (χ1v) is 7.20. The fourth-order valence-electron chi connectivity index (χ4n) is 1.48. The molecule has 0 aliphatic rings. The van der Waals surface area contributed by atoms with Crippen LogP contribution in [0.3, 0.4) is 0 Å². The monoisotopic (exact) mass is 299 g/mol. The smallest absolute Gasteiger partial charge is 0.339 e. The molecule has 7 heteroatoms. The minimum Gasteiger partial charge on any atom is -0.465 e. The lowest BCUT2D eigenvalue weighted by atomic mass is 10.2. The summed E-state index contributed by atoms with van der Waals surface area (Å²) >= 11 is 0. The van der Waals surface area contributed by atoms with E-state index in [4.69, 9.17) is 6.42 Å². The predicted molar refractivity (Wildman–Crippen MR) is 71.0 cm³/mol. The fourth-order valence-corrected chi connectivity index (χ4v) is 2.93. The Bertz CT molecular complexity index is 649. The van der Waals surface area contributed by atoms with Crippen molar-refractivity contribution in [2.45, 2.75) is 24.3 Å². The van der Waals surface area contributed by atoms with Crippen LogP contribution in [0.1, 0.15) is 23.7 Å². The van der Waals surface area contributed by atoms with Crippen molar-refractivity contribution >= 4 is 16.0 Å². The Kier molecular flexibility index (Phi) is 5.25. The summed E-state index contributed by atoms with van der Waals surface area (Å²) in [7, 11) is -3.02. The van der Waals surface area contributed by atoms with Crippen molar-refractivity contribution in [1.29, 1.82) is 0 Å². The number of hydrogen-bond donors (Lipinski definition) is 1. The van der Waals surface area contributed by atoms with Gasteiger partial charge in [0.25, 0.3) is 0 Å². The number of sulfonamides is 1. The molecular weight excluding hydrogens is 285 g/mol. The molecule has 0 fully saturated rings. The summed E-state index contributed by atoms with van der Waals surface area (Å²) in [5.41, 5.74) is -0.256. The maximum absolute atomic E-state index is 13.3. The van der Waals surface area contributed by atoms with Crippen LogP contribution in [0.5, 0.6) is 0 Å². The standard InChI is InChI=1S/C13H14FNO4S/c1-4-10(5-2)15-20(17,18)12-8-9(14)6-7-11(12)13(16)19-3/h1,6-8,10,15H,5H2,2-3H3. The van der Waals surface area contributed by atoms with E-state index in [9.17, 15) is 17.6 Å². The fraction of sp³-hybridized carbons (Fsp3) is 0.308. The second-order valence-electron chi connectivity index (χ2n) is 3.88. The Morgan fingerprint density at radius 1 is 1.55 bits per heavy atom. The lowest BCUT2D eigenvalue weighted by Crippen LogP contribution is -2.34. The van der Waals surface area contributed by atoms with Gasteiger partial charge in [-0.1, -0.05) is 12.8 Å². The first-order valence-electron chi connectivity index (χ1n) is 5.72. The highest BCUT2D eigenvalue weighted by molar-refractivity contribution is 7.89. The van der Waals surface area contributed by atoms with Gasteiger partial charge in [0.15, 0.2) is 0 Å². The van der Waals surface area contributed by atoms with Crippen LogP contribution in [-0.2, 0) is 14.8 Å². The molecule has 0 aliphatic heterocycles. The van der Waals surface area contributed by atoms with Crippen molar-refractivity contribution in [2.24, 2.45) is 0 Å². The van der Waals surface area contributed by atoms with Crippen molar-refractivity contribution in [3.8, 4) is 12.3 Å². The molecule has 0 aliphatic carbocycles. The van der Waals surface area contributed by atoms with Gasteiger partial charge < -0.3 is 4.74 Å². The quantitative estimate of drug-likeness (QED) is 0.657. The number of hydrogen-bond acceptors (Lipinski definition) is 4. The molecule has 1 atom stereocenters. The second-order valence-corrected chi connectivity index (χ2v) is 5.56. The number of methoxy groups -OCH3 is 1. The zero-order valence-electron chi connectivity index (χ0n) is 11.0. The van der Waals surface area contributed by atoms with E-state index in [1.807, 2.05) is 0 Å². The van der Waals surface area contributed by atoms with E-state index >= 15 is 0 Å². The average Bonchev–Trinajstić information content (AvgIpc) is 2.43. The first kappa shape index (κ1) is 16.1. The van der Waals surface area contributed by atoms with E-state index in [1.165, 1.54) is 0 Å². The summed E-state index contributed by atoms with van der Waals surface area (Å²) < 4.78 is 44.3. The lowest BCUT2D eigenvalue weighted by molar-refractivity contribution is 0.0596. The summed E-state index contributed by atoms with van der Waals surface area (Å²) in [6, 6.07) is 2.03. The second kappa shape index (κ2) is 6.50. The lowest BCUT2D eigenvalue weighted by Gasteiger charge is -2.13. The molecule has 1 rings (SSSR count). The molecule has 0 amide bonds. The van der Waals surface area contributed by atoms with Crippen molar-refractivity contribution in [1.82, 2.24) is 4.72 Å². The summed E-state index contributed by atoms with van der Waals surface area (Å²) in [4.78, 5) is 11.0. The van der Waals surface area contributed by atoms with Crippen LogP contribution in [0.15, 0.2) is 23.1 Å². The largest absolute Gasteiger partial charge is 0.465 e. The van der Waals surface area contributed by atoms with E-state index in [0.717, 1.165) is 25.3 Å². The highest BCUT2D eigenvalue weighted by Gasteiger charge is 2.25. The normalized spacial score (nSPS) is 12.5. The number of esters is 1. The van der Waals surface area contributed by atoms with Gasteiger partial charge in [0.05, 0.1) is 23.6 Å². The van der Waals surface area contributed by atoms with Crippen LogP contribution >= 0.6 is 0 Å². The minimum atomic E-state index is -4.13. The predicted octanol–water partition coefficient (Wildman–Crippen LogP) is 1.30. The maximum atomic E-state index is 13.3. The Balaban J connectivity index is 3.34. The minimum absolute atomic E-state index is 0.256. The van der Waals surface area contributed by atoms with Gasteiger partial charge >= 0.3 is 5.97 Å². The zero-order chi connectivity index (χ0) is 15.3. The molecular formula is C13H14FNO4S. The van der Waals surface area contributed by atoms with Crippen LogP contribution in [0.4, 0.5) is 4.39 Å². The Labute approximate surface area is 117 Å². The number of benzene rings is 1. The van der Waals surface area contributed by atoms with Crippen LogP contribution in [-0.4, -0.2) is 27.5 Å². The number of rotatable bonds is 5. The Hall–Kier alpha value is -1.91. The van der Waals surface area contributed by atoms with Crippen LogP contribution in [0.25, 0.3) is 0 Å². The van der Waals surface area contributed by atoms with Crippen LogP contribution in [0.2, 0.25) is 0 Å². The molecule has 0 saturated heterocycles. The number of terminal acetylenes is 1. The number of nitrogens with one attached hydrogen (secondary N) is 1. The molecule has 108 valence electrons. The molecule has 0 aromatic heterocycles. The maximum Gasteiger partial charge on any atom is 0.339 e. The van der Waals surface area contributed by atoms with Gasteiger partial charge in [0, 0.05) is 0 Å². The molecule has 0 spiro atoms. The Morgan fingerprint density at radius 3 is 2.70 bits per heavy atom. The summed E-state index contributed by atoms with van der Waals surface area (Å²) in [5.74, 6) is 0.593. The summed E-state index contributed by atoms with van der Waals surface area (Å²) in [6.07, 6.45) is 5.54. The van der Waals surface area contributed by atoms with Gasteiger partial charge in [-0.25, -0.2) is 17.6 Å². The van der Waals surface area contributed by atoms with Gasteiger partial charge in [-0.05, 0) is 24.6 Å². The molecule has 1 aromatic carbocycles. The van der Waals surface area contributed by atoms with Crippen molar-refractivity contribution in [2.75, 3.05) is 7.11 Å². The van der Waals surface area contributed by atoms with Gasteiger partial charge in [0.2, 0.25) is 10.0 Å². The van der Waals surface area contributed by atoms with E-state index in [2.05, 4.69) is 15.4 Å². The topological polar surface area (TPSA) is 72.5 Å². The third kappa shape index (κ3) is 3.56. The molecule has 0 saturated carbocycles. The average molecular weight is 299 g/mol. The van der Waals surface area contributed by atoms with Crippen LogP contribution in [0, 0.1) is 18.2 Å². The van der Waals surface area contributed by atoms with Gasteiger partial charge in [0.1, 0.15) is 5.82 Å². The third-order valence-corrected chi connectivity index (χ3v) is 4.06. The van der Waals surface area contributed by atoms with Crippen LogP contribution < -0.4 is 4.72 Å². The van der Waals surface area contributed by atoms with Gasteiger partial charge in [-0.2, -0.15) is 4.72 Å². The van der Waals surface area contributed by atoms with Gasteiger partial charge in [-0.15, -0.1) is 6.42 Å². The summed E-state index contributed by atoms with van der Waals surface area (Å²) in [5, 5.41) is 0. The van der Waals surface area contributed by atoms with E-state index in [0.29, 0.717) is 6.42 Å². The van der Waals surface area contributed by atoms with E-state index in [-0.39, 0.29) is 5.56 Å². The summed E-state index contributed by atoms with van der Waals surface area (Å²) in [6.45, 7) is 1.69. The van der Waals surface area contributed by atoms with Crippen molar-refractivity contribution in [3.63, 3.8) is 0 Å². The zero-order valence-corrected chi connectivity index (χ0v) is 11.8. The molecule has 1 aromatic rings. The number of halogens is 1. The van der Waals surface area contributed by atoms with E-state index in [1.54, 1.807) is 6.92 Å². The number of ether oxygens (including phenoxy) is 1. The van der Waals surface area contributed by atoms with Crippen molar-refractivity contribution < 1.29 is 22.3 Å². The Morgan fingerprint density at radius 2 is 2.20 bits per heavy atom. The molecule has 0 radical (unpaired) electrons. The molecule has 0 bridgehead atoms. The molecule has 0 heterocycles. The third-order valence-electron chi connectivity index (χ3n) is 2.55. The molecule has 5 nitrogen and oxygen atoms in total. The highest BCUT2D eigenvalue weighted by Crippen LogP contribution is 2.19. The molecule has 20 heavy (non-hydrogen) atoms. The number of carbonyl (C=O) groups excluding carboxylic acids is 1. The van der Waals surface area contributed by atoms with Gasteiger partial charge in [-0.3, -0.25) is 0 Å². The number of carbonyl (C=O) groups is 1. The van der Waals surface area contributed by atoms with E-state index < -0.39 is 32.7 Å². The molecule has 1 N–H and O–H groups in total.